The minimum absolute atomic E-state index is 0.0880. The Morgan fingerprint density at radius 2 is 1.70 bits per heavy atom. The monoisotopic (exact) mass is 307 g/mol. The third-order valence-electron chi connectivity index (χ3n) is 4.17. The highest BCUT2D eigenvalue weighted by atomic mass is 16.2. The van der Waals surface area contributed by atoms with E-state index >= 15 is 0 Å². The Kier molecular flexibility index (Phi) is 3.49. The van der Waals surface area contributed by atoms with Crippen molar-refractivity contribution in [1.29, 1.82) is 0 Å². The van der Waals surface area contributed by atoms with Crippen LogP contribution in [0.25, 0.3) is 16.9 Å². The molecule has 23 heavy (non-hydrogen) atoms. The maximum absolute atomic E-state index is 12.7. The predicted octanol–water partition coefficient (Wildman–Crippen LogP) is 2.42. The number of piperidine rings is 1. The Balaban J connectivity index is 1.74. The van der Waals surface area contributed by atoms with Gasteiger partial charge in [-0.05, 0) is 31.4 Å². The molecule has 1 aliphatic rings. The number of fused-ring (bicyclic) bond motifs is 1. The van der Waals surface area contributed by atoms with E-state index in [1.165, 1.54) is 6.42 Å². The zero-order chi connectivity index (χ0) is 15.6. The smallest absolute Gasteiger partial charge is 0.293 e. The number of amides is 1. The number of nitrogens with zero attached hydrogens (tertiary/aromatic N) is 5. The third-order valence-corrected chi connectivity index (χ3v) is 4.17. The molecule has 0 saturated carbocycles. The minimum atomic E-state index is -0.0880. The maximum atomic E-state index is 12.7. The summed E-state index contributed by atoms with van der Waals surface area (Å²) in [4.78, 5) is 14.5. The average Bonchev–Trinajstić information content (AvgIpc) is 3.05. The number of rotatable bonds is 2. The van der Waals surface area contributed by atoms with Crippen molar-refractivity contribution in [3.05, 3.63) is 48.3 Å². The van der Waals surface area contributed by atoms with Crippen molar-refractivity contribution in [2.75, 3.05) is 13.1 Å². The quantitative estimate of drug-likeness (QED) is 0.729. The molecule has 0 N–H and O–H groups in total. The number of hydrogen-bond donors (Lipinski definition) is 0. The van der Waals surface area contributed by atoms with Crippen LogP contribution in [0.15, 0.2) is 42.5 Å². The number of hydrogen-bond acceptors (Lipinski definition) is 4. The normalized spacial score (nSPS) is 15.0. The summed E-state index contributed by atoms with van der Waals surface area (Å²) in [5.74, 6) is 0.203. The summed E-state index contributed by atoms with van der Waals surface area (Å²) >= 11 is 0. The van der Waals surface area contributed by atoms with Crippen LogP contribution in [-0.2, 0) is 0 Å². The number of carbonyl (C=O) groups is 1. The van der Waals surface area contributed by atoms with Crippen molar-refractivity contribution in [2.45, 2.75) is 19.3 Å². The summed E-state index contributed by atoms with van der Waals surface area (Å²) in [5.41, 5.74) is 2.38. The van der Waals surface area contributed by atoms with Gasteiger partial charge in [0.25, 0.3) is 5.91 Å². The predicted molar refractivity (Wildman–Crippen MR) is 86.0 cm³/mol. The molecule has 1 saturated heterocycles. The Morgan fingerprint density at radius 1 is 0.913 bits per heavy atom. The molecule has 0 bridgehead atoms. The molecule has 1 fully saturated rings. The van der Waals surface area contributed by atoms with Crippen LogP contribution >= 0.6 is 0 Å². The van der Waals surface area contributed by atoms with Crippen molar-refractivity contribution in [3.63, 3.8) is 0 Å². The summed E-state index contributed by atoms with van der Waals surface area (Å²) in [6.07, 6.45) is 3.27. The van der Waals surface area contributed by atoms with Crippen LogP contribution in [0, 0.1) is 0 Å². The lowest BCUT2D eigenvalue weighted by atomic mass is 10.1. The van der Waals surface area contributed by atoms with Crippen LogP contribution in [0.2, 0.25) is 0 Å². The summed E-state index contributed by atoms with van der Waals surface area (Å²) in [6, 6.07) is 13.6. The first-order valence-electron chi connectivity index (χ1n) is 7.90. The second-order valence-corrected chi connectivity index (χ2v) is 5.73. The average molecular weight is 307 g/mol. The summed E-state index contributed by atoms with van der Waals surface area (Å²) in [6.45, 7) is 1.57. The first-order chi connectivity index (χ1) is 11.3. The van der Waals surface area contributed by atoms with Gasteiger partial charge in [-0.15, -0.1) is 10.2 Å². The Morgan fingerprint density at radius 3 is 2.48 bits per heavy atom. The van der Waals surface area contributed by atoms with Gasteiger partial charge in [0, 0.05) is 18.7 Å². The van der Waals surface area contributed by atoms with E-state index in [4.69, 9.17) is 0 Å². The van der Waals surface area contributed by atoms with Crippen molar-refractivity contribution < 1.29 is 4.79 Å². The highest BCUT2D eigenvalue weighted by Gasteiger charge is 2.23. The molecule has 6 heteroatoms. The molecule has 3 aromatic rings. The SMILES string of the molecule is O=C(c1nnc2ccc(-c3ccccc3)nn12)N1CCCCC1. The first kappa shape index (κ1) is 13.9. The van der Waals surface area contributed by atoms with E-state index in [2.05, 4.69) is 15.3 Å². The lowest BCUT2D eigenvalue weighted by Gasteiger charge is -2.25. The molecule has 1 aromatic carbocycles. The van der Waals surface area contributed by atoms with Crippen LogP contribution < -0.4 is 0 Å². The molecule has 2 aromatic heterocycles. The van der Waals surface area contributed by atoms with Gasteiger partial charge < -0.3 is 4.90 Å². The van der Waals surface area contributed by atoms with Crippen LogP contribution in [0.1, 0.15) is 29.9 Å². The molecule has 3 heterocycles. The van der Waals surface area contributed by atoms with Gasteiger partial charge in [0.05, 0.1) is 5.69 Å². The van der Waals surface area contributed by atoms with Gasteiger partial charge in [-0.2, -0.15) is 9.61 Å². The molecule has 0 aliphatic carbocycles. The molecular formula is C17H17N5O. The molecule has 1 aliphatic heterocycles. The Labute approximate surface area is 133 Å². The van der Waals surface area contributed by atoms with Crippen molar-refractivity contribution in [1.82, 2.24) is 24.7 Å². The largest absolute Gasteiger partial charge is 0.336 e. The fourth-order valence-electron chi connectivity index (χ4n) is 2.92. The van der Waals surface area contributed by atoms with Gasteiger partial charge in [0.1, 0.15) is 0 Å². The van der Waals surface area contributed by atoms with E-state index in [1.807, 2.05) is 47.4 Å². The fraction of sp³-hybridized carbons (Fsp3) is 0.294. The van der Waals surface area contributed by atoms with E-state index in [1.54, 1.807) is 4.52 Å². The van der Waals surface area contributed by atoms with E-state index in [9.17, 15) is 4.79 Å². The van der Waals surface area contributed by atoms with Gasteiger partial charge >= 0.3 is 0 Å². The molecule has 0 spiro atoms. The van der Waals surface area contributed by atoms with E-state index < -0.39 is 0 Å². The van der Waals surface area contributed by atoms with Crippen molar-refractivity contribution in [3.8, 4) is 11.3 Å². The standard InChI is InChI=1S/C17H17N5O/c23-17(21-11-5-2-6-12-21)16-19-18-15-10-9-14(20-22(15)16)13-7-3-1-4-8-13/h1,3-4,7-10H,2,5-6,11-12H2. The lowest BCUT2D eigenvalue weighted by Crippen LogP contribution is -2.36. The Bertz CT molecular complexity index is 837. The topological polar surface area (TPSA) is 63.4 Å². The number of aromatic nitrogens is 4. The second-order valence-electron chi connectivity index (χ2n) is 5.73. The van der Waals surface area contributed by atoms with Gasteiger partial charge in [-0.3, -0.25) is 4.79 Å². The van der Waals surface area contributed by atoms with Crippen LogP contribution in [-0.4, -0.2) is 43.7 Å². The lowest BCUT2D eigenvalue weighted by molar-refractivity contribution is 0.0709. The van der Waals surface area contributed by atoms with Gasteiger partial charge in [0.15, 0.2) is 5.65 Å². The molecule has 4 rings (SSSR count). The molecule has 6 nitrogen and oxygen atoms in total. The van der Waals surface area contributed by atoms with E-state index in [0.717, 1.165) is 37.2 Å². The number of carbonyl (C=O) groups excluding carboxylic acids is 1. The fourth-order valence-corrected chi connectivity index (χ4v) is 2.92. The number of benzene rings is 1. The maximum Gasteiger partial charge on any atom is 0.293 e. The summed E-state index contributed by atoms with van der Waals surface area (Å²) < 4.78 is 1.55. The van der Waals surface area contributed by atoms with Gasteiger partial charge in [-0.25, -0.2) is 0 Å². The third kappa shape index (κ3) is 2.56. The van der Waals surface area contributed by atoms with E-state index in [-0.39, 0.29) is 5.91 Å². The van der Waals surface area contributed by atoms with Crippen LogP contribution in [0.3, 0.4) is 0 Å². The zero-order valence-corrected chi connectivity index (χ0v) is 12.7. The van der Waals surface area contributed by atoms with Gasteiger partial charge in [0.2, 0.25) is 5.82 Å². The molecule has 0 radical (unpaired) electrons. The summed E-state index contributed by atoms with van der Waals surface area (Å²) in [5, 5.41) is 12.7. The molecule has 0 unspecified atom stereocenters. The Hall–Kier alpha value is -2.76. The second kappa shape index (κ2) is 5.79. The van der Waals surface area contributed by atoms with Crippen molar-refractivity contribution >= 4 is 11.6 Å². The highest BCUT2D eigenvalue weighted by molar-refractivity contribution is 5.91. The summed E-state index contributed by atoms with van der Waals surface area (Å²) in [7, 11) is 0. The van der Waals surface area contributed by atoms with Gasteiger partial charge in [-0.1, -0.05) is 30.3 Å². The van der Waals surface area contributed by atoms with E-state index in [0.29, 0.717) is 11.5 Å². The molecule has 0 atom stereocenters. The molecular weight excluding hydrogens is 290 g/mol. The molecule has 116 valence electrons. The minimum Gasteiger partial charge on any atom is -0.336 e. The highest BCUT2D eigenvalue weighted by Crippen LogP contribution is 2.18. The van der Waals surface area contributed by atoms with Crippen molar-refractivity contribution in [2.24, 2.45) is 0 Å². The number of likely N-dealkylation sites (tertiary alicyclic amines) is 1. The zero-order valence-electron chi connectivity index (χ0n) is 12.7. The van der Waals surface area contributed by atoms with Crippen LogP contribution in [0.5, 0.6) is 0 Å². The van der Waals surface area contributed by atoms with Crippen LogP contribution in [0.4, 0.5) is 0 Å². The molecule has 1 amide bonds. The first-order valence-corrected chi connectivity index (χ1v) is 7.90.